The predicted molar refractivity (Wildman–Crippen MR) is 88.8 cm³/mol. The highest BCUT2D eigenvalue weighted by molar-refractivity contribution is 5.85. The summed E-state index contributed by atoms with van der Waals surface area (Å²) in [5.74, 6) is 1.54. The van der Waals surface area contributed by atoms with Crippen LogP contribution >= 0.6 is 12.4 Å². The fourth-order valence-corrected chi connectivity index (χ4v) is 1.87. The van der Waals surface area contributed by atoms with Crippen LogP contribution in [0.5, 0.6) is 11.5 Å². The molecule has 0 bridgehead atoms. The van der Waals surface area contributed by atoms with Crippen LogP contribution in [0.4, 0.5) is 0 Å². The molecule has 0 radical (unpaired) electrons. The van der Waals surface area contributed by atoms with Crippen molar-refractivity contribution in [2.45, 2.75) is 32.7 Å². The summed E-state index contributed by atoms with van der Waals surface area (Å²) < 4.78 is 16.0. The zero-order valence-corrected chi connectivity index (χ0v) is 14.1. The van der Waals surface area contributed by atoms with Crippen molar-refractivity contribution >= 4 is 12.4 Å². The van der Waals surface area contributed by atoms with E-state index in [0.29, 0.717) is 0 Å². The van der Waals surface area contributed by atoms with Gasteiger partial charge in [-0.25, -0.2) is 0 Å². The van der Waals surface area contributed by atoms with Crippen molar-refractivity contribution in [1.82, 2.24) is 5.32 Å². The van der Waals surface area contributed by atoms with Gasteiger partial charge in [-0.15, -0.1) is 12.4 Å². The Morgan fingerprint density at radius 2 is 1.71 bits per heavy atom. The second kappa shape index (κ2) is 12.7. The van der Waals surface area contributed by atoms with Crippen molar-refractivity contribution in [3.05, 3.63) is 23.8 Å². The lowest BCUT2D eigenvalue weighted by molar-refractivity contribution is 0.129. The van der Waals surface area contributed by atoms with E-state index in [0.717, 1.165) is 50.6 Å². The highest BCUT2D eigenvalue weighted by Crippen LogP contribution is 2.27. The first-order valence-corrected chi connectivity index (χ1v) is 7.31. The summed E-state index contributed by atoms with van der Waals surface area (Å²) in [7, 11) is 3.30. The maximum atomic E-state index is 5.52. The smallest absolute Gasteiger partial charge is 0.161 e. The fraction of sp³-hybridized carbons (Fsp3) is 0.625. The van der Waals surface area contributed by atoms with Gasteiger partial charge in [0.1, 0.15) is 0 Å². The van der Waals surface area contributed by atoms with Gasteiger partial charge in [0, 0.05) is 19.8 Å². The van der Waals surface area contributed by atoms with Crippen molar-refractivity contribution in [2.75, 3.05) is 34.0 Å². The Hall–Kier alpha value is -0.970. The van der Waals surface area contributed by atoms with Gasteiger partial charge in [0.15, 0.2) is 11.5 Å². The van der Waals surface area contributed by atoms with Crippen molar-refractivity contribution in [3.8, 4) is 11.5 Å². The number of methoxy groups -OCH3 is 2. The molecular weight excluding hydrogens is 290 g/mol. The van der Waals surface area contributed by atoms with Gasteiger partial charge in [0.25, 0.3) is 0 Å². The van der Waals surface area contributed by atoms with Gasteiger partial charge in [0.2, 0.25) is 0 Å². The predicted octanol–water partition coefficient (Wildman–Crippen LogP) is 3.42. The quantitative estimate of drug-likeness (QED) is 0.635. The van der Waals surface area contributed by atoms with Crippen LogP contribution in [0.1, 0.15) is 31.7 Å². The van der Waals surface area contributed by atoms with Gasteiger partial charge in [-0.05, 0) is 37.1 Å². The lowest BCUT2D eigenvalue weighted by Gasteiger charge is -2.10. The van der Waals surface area contributed by atoms with Crippen LogP contribution in [0, 0.1) is 0 Å². The highest BCUT2D eigenvalue weighted by Gasteiger charge is 2.03. The Balaban J connectivity index is 0.00000400. The topological polar surface area (TPSA) is 39.7 Å². The fourth-order valence-electron chi connectivity index (χ4n) is 1.87. The third-order valence-corrected chi connectivity index (χ3v) is 3.06. The van der Waals surface area contributed by atoms with Crippen molar-refractivity contribution in [3.63, 3.8) is 0 Å². The molecule has 122 valence electrons. The lowest BCUT2D eigenvalue weighted by Crippen LogP contribution is -2.16. The average Bonchev–Trinajstić information content (AvgIpc) is 2.49. The van der Waals surface area contributed by atoms with E-state index in [-0.39, 0.29) is 12.4 Å². The van der Waals surface area contributed by atoms with E-state index < -0.39 is 0 Å². The molecule has 5 heteroatoms. The third-order valence-electron chi connectivity index (χ3n) is 3.06. The molecule has 1 rings (SSSR count). The van der Waals surface area contributed by atoms with Crippen molar-refractivity contribution in [2.24, 2.45) is 0 Å². The number of nitrogens with one attached hydrogen (secondary N) is 1. The molecule has 0 heterocycles. The second-order valence-corrected chi connectivity index (χ2v) is 4.69. The van der Waals surface area contributed by atoms with E-state index in [1.807, 2.05) is 18.2 Å². The van der Waals surface area contributed by atoms with Gasteiger partial charge < -0.3 is 19.5 Å². The molecule has 21 heavy (non-hydrogen) atoms. The number of unbranched alkanes of at least 4 members (excludes halogenated alkanes) is 1. The maximum absolute atomic E-state index is 5.52. The first-order valence-electron chi connectivity index (χ1n) is 7.31. The molecule has 0 saturated heterocycles. The third kappa shape index (κ3) is 8.15. The molecule has 1 aromatic carbocycles. The molecule has 0 spiro atoms. The van der Waals surface area contributed by atoms with Crippen LogP contribution < -0.4 is 14.8 Å². The molecule has 4 nitrogen and oxygen atoms in total. The van der Waals surface area contributed by atoms with Crippen LogP contribution in [0.25, 0.3) is 0 Å². The van der Waals surface area contributed by atoms with Crippen LogP contribution in [0.15, 0.2) is 18.2 Å². The van der Waals surface area contributed by atoms with E-state index in [1.54, 1.807) is 14.2 Å². The molecule has 0 fully saturated rings. The number of halogens is 1. The molecule has 0 saturated carbocycles. The van der Waals surface area contributed by atoms with Gasteiger partial charge in [-0.1, -0.05) is 19.4 Å². The number of hydrogen-bond donors (Lipinski definition) is 1. The second-order valence-electron chi connectivity index (χ2n) is 4.69. The molecule has 0 aromatic heterocycles. The zero-order chi connectivity index (χ0) is 14.6. The van der Waals surface area contributed by atoms with Gasteiger partial charge >= 0.3 is 0 Å². The monoisotopic (exact) mass is 317 g/mol. The summed E-state index contributed by atoms with van der Waals surface area (Å²) in [5.41, 5.74) is 1.19. The minimum atomic E-state index is 0. The van der Waals surface area contributed by atoms with Crippen LogP contribution in [0.3, 0.4) is 0 Å². The largest absolute Gasteiger partial charge is 0.493 e. The van der Waals surface area contributed by atoms with Crippen molar-refractivity contribution in [1.29, 1.82) is 0 Å². The molecule has 1 aromatic rings. The Bertz CT molecular complexity index is 375. The normalized spacial score (nSPS) is 10.0. The van der Waals surface area contributed by atoms with E-state index >= 15 is 0 Å². The minimum absolute atomic E-state index is 0. The van der Waals surface area contributed by atoms with Gasteiger partial charge in [0.05, 0.1) is 14.2 Å². The minimum Gasteiger partial charge on any atom is -0.493 e. The summed E-state index contributed by atoms with van der Waals surface area (Å²) in [6.07, 6.45) is 3.38. The number of benzene rings is 1. The van der Waals surface area contributed by atoms with Crippen LogP contribution in [-0.4, -0.2) is 34.0 Å². The van der Waals surface area contributed by atoms with Gasteiger partial charge in [-0.3, -0.25) is 0 Å². The first kappa shape index (κ1) is 20.0. The Morgan fingerprint density at radius 1 is 1.00 bits per heavy atom. The molecule has 0 aliphatic carbocycles. The average molecular weight is 318 g/mol. The highest BCUT2D eigenvalue weighted by atomic mass is 35.5. The Labute approximate surface area is 134 Å². The summed E-state index contributed by atoms with van der Waals surface area (Å²) in [6, 6.07) is 5.99. The maximum Gasteiger partial charge on any atom is 0.161 e. The lowest BCUT2D eigenvalue weighted by atomic mass is 10.2. The summed E-state index contributed by atoms with van der Waals surface area (Å²) in [4.78, 5) is 0. The standard InChI is InChI=1S/C16H27NO3.ClH/c1-4-5-10-20-11-6-9-17-13-14-7-8-15(18-2)16(12-14)19-3;/h7-8,12,17H,4-6,9-11,13H2,1-3H3;1H. The molecular formula is C16H28ClNO3. The molecule has 0 aliphatic heterocycles. The SMILES string of the molecule is CCCCOCCCNCc1ccc(OC)c(OC)c1.Cl. The summed E-state index contributed by atoms with van der Waals surface area (Å²) in [6.45, 7) is 5.68. The molecule has 0 atom stereocenters. The van der Waals surface area contributed by atoms with Gasteiger partial charge in [-0.2, -0.15) is 0 Å². The van der Waals surface area contributed by atoms with Crippen LogP contribution in [0.2, 0.25) is 0 Å². The summed E-state index contributed by atoms with van der Waals surface area (Å²) in [5, 5.41) is 3.40. The van der Waals surface area contributed by atoms with E-state index in [1.165, 1.54) is 12.0 Å². The number of rotatable bonds is 11. The number of ether oxygens (including phenoxy) is 3. The van der Waals surface area contributed by atoms with E-state index in [2.05, 4.69) is 12.2 Å². The molecule has 0 amide bonds. The van der Waals surface area contributed by atoms with E-state index in [9.17, 15) is 0 Å². The molecule has 0 aliphatic rings. The van der Waals surface area contributed by atoms with Crippen LogP contribution in [-0.2, 0) is 11.3 Å². The first-order chi connectivity index (χ1) is 9.81. The van der Waals surface area contributed by atoms with E-state index in [4.69, 9.17) is 14.2 Å². The Kier molecular flexibility index (Phi) is 12.2. The molecule has 1 N–H and O–H groups in total. The molecule has 0 unspecified atom stereocenters. The zero-order valence-electron chi connectivity index (χ0n) is 13.3. The Morgan fingerprint density at radius 3 is 2.38 bits per heavy atom. The number of hydrogen-bond acceptors (Lipinski definition) is 4. The summed E-state index contributed by atoms with van der Waals surface area (Å²) >= 11 is 0. The van der Waals surface area contributed by atoms with Crippen molar-refractivity contribution < 1.29 is 14.2 Å².